The van der Waals surface area contributed by atoms with Crippen molar-refractivity contribution in [2.24, 2.45) is 0 Å². The molecule has 0 saturated carbocycles. The molecule has 0 N–H and O–H groups in total. The highest BCUT2D eigenvalue weighted by molar-refractivity contribution is 9.10. The lowest BCUT2D eigenvalue weighted by atomic mass is 10.2. The van der Waals surface area contributed by atoms with E-state index in [1.807, 2.05) is 31.2 Å². The molecule has 3 aromatic rings. The average molecular weight is 392 g/mol. The van der Waals surface area contributed by atoms with Crippen LogP contribution in [0.4, 0.5) is 0 Å². The molecule has 0 aliphatic carbocycles. The van der Waals surface area contributed by atoms with Crippen LogP contribution >= 0.6 is 27.5 Å². The molecule has 6 heteroatoms. The molecule has 0 fully saturated rings. The van der Waals surface area contributed by atoms with E-state index in [1.165, 1.54) is 0 Å². The Morgan fingerprint density at radius 1 is 1.17 bits per heavy atom. The van der Waals surface area contributed by atoms with Crippen LogP contribution < -0.4 is 0 Å². The maximum absolute atomic E-state index is 12.2. The first-order valence-electron chi connectivity index (χ1n) is 6.89. The maximum Gasteiger partial charge on any atom is 0.340 e. The van der Waals surface area contributed by atoms with Crippen LogP contribution in [0.3, 0.4) is 0 Å². The molecular formula is C17H12BrClN2O2. The van der Waals surface area contributed by atoms with Crippen molar-refractivity contribution in [2.45, 2.75) is 13.5 Å². The van der Waals surface area contributed by atoms with Gasteiger partial charge in [0, 0.05) is 4.47 Å². The van der Waals surface area contributed by atoms with Crippen molar-refractivity contribution in [3.63, 3.8) is 0 Å². The summed E-state index contributed by atoms with van der Waals surface area (Å²) >= 11 is 9.34. The molecule has 0 saturated heterocycles. The van der Waals surface area contributed by atoms with Crippen LogP contribution in [-0.2, 0) is 11.3 Å². The minimum atomic E-state index is -0.495. The number of halogens is 2. The van der Waals surface area contributed by atoms with Crippen molar-refractivity contribution in [1.82, 2.24) is 9.97 Å². The number of fused-ring (bicyclic) bond motifs is 1. The predicted molar refractivity (Wildman–Crippen MR) is 92.5 cm³/mol. The van der Waals surface area contributed by atoms with Crippen LogP contribution in [0, 0.1) is 6.92 Å². The molecular weight excluding hydrogens is 380 g/mol. The van der Waals surface area contributed by atoms with Crippen LogP contribution in [0.2, 0.25) is 5.02 Å². The van der Waals surface area contributed by atoms with E-state index in [4.69, 9.17) is 16.3 Å². The number of carbonyl (C=O) groups excluding carboxylic acids is 1. The average Bonchev–Trinajstić information content (AvgIpc) is 2.54. The lowest BCUT2D eigenvalue weighted by molar-refractivity contribution is 0.0467. The molecule has 116 valence electrons. The summed E-state index contributed by atoms with van der Waals surface area (Å²) in [6.45, 7) is 1.89. The molecule has 0 amide bonds. The Bertz CT molecular complexity index is 899. The summed E-state index contributed by atoms with van der Waals surface area (Å²) < 4.78 is 6.09. The van der Waals surface area contributed by atoms with Crippen molar-refractivity contribution in [1.29, 1.82) is 0 Å². The largest absolute Gasteiger partial charge is 0.455 e. The van der Waals surface area contributed by atoms with Crippen molar-refractivity contribution in [3.8, 4) is 0 Å². The van der Waals surface area contributed by atoms with Crippen LogP contribution in [-0.4, -0.2) is 15.9 Å². The van der Waals surface area contributed by atoms with Gasteiger partial charge >= 0.3 is 5.97 Å². The fourth-order valence-electron chi connectivity index (χ4n) is 2.13. The Morgan fingerprint density at radius 3 is 2.61 bits per heavy atom. The number of rotatable bonds is 3. The van der Waals surface area contributed by atoms with Crippen molar-refractivity contribution >= 4 is 44.5 Å². The first-order chi connectivity index (χ1) is 11.0. The zero-order chi connectivity index (χ0) is 16.4. The summed E-state index contributed by atoms with van der Waals surface area (Å²) in [7, 11) is 0. The van der Waals surface area contributed by atoms with Gasteiger partial charge in [0.2, 0.25) is 0 Å². The first-order valence-corrected chi connectivity index (χ1v) is 8.06. The third-order valence-corrected chi connectivity index (χ3v) is 4.15. The van der Waals surface area contributed by atoms with Gasteiger partial charge in [-0.3, -0.25) is 0 Å². The van der Waals surface area contributed by atoms with Crippen LogP contribution in [0.1, 0.15) is 21.7 Å². The summed E-state index contributed by atoms with van der Waals surface area (Å²) in [4.78, 5) is 21.2. The van der Waals surface area contributed by atoms with Gasteiger partial charge in [-0.15, -0.1) is 0 Å². The number of aromatic nitrogens is 2. The number of nitrogens with zero attached hydrogens (tertiary/aromatic N) is 2. The topological polar surface area (TPSA) is 52.1 Å². The molecule has 4 nitrogen and oxygen atoms in total. The molecule has 3 rings (SSSR count). The molecule has 0 aliphatic heterocycles. The molecule has 0 spiro atoms. The molecule has 1 aromatic heterocycles. The Labute approximate surface area is 146 Å². The second-order valence-corrected chi connectivity index (χ2v) is 6.27. The van der Waals surface area contributed by atoms with E-state index in [0.29, 0.717) is 16.3 Å². The van der Waals surface area contributed by atoms with Gasteiger partial charge in [0.15, 0.2) is 0 Å². The summed E-state index contributed by atoms with van der Waals surface area (Å²) in [5.41, 5.74) is 3.26. The number of para-hydroxylation sites is 2. The molecule has 2 aromatic carbocycles. The molecule has 0 atom stereocenters. The molecule has 0 aliphatic rings. The Balaban J connectivity index is 1.81. The number of hydrogen-bond acceptors (Lipinski definition) is 4. The SMILES string of the molecule is Cc1nc2ccccc2nc1COC(=O)c1cc(Br)ccc1Cl. The number of esters is 1. The highest BCUT2D eigenvalue weighted by Gasteiger charge is 2.14. The van der Waals surface area contributed by atoms with E-state index in [2.05, 4.69) is 25.9 Å². The van der Waals surface area contributed by atoms with Gasteiger partial charge in [0.05, 0.1) is 33.0 Å². The van der Waals surface area contributed by atoms with E-state index in [9.17, 15) is 4.79 Å². The summed E-state index contributed by atoms with van der Waals surface area (Å²) in [6.07, 6.45) is 0. The Hall–Kier alpha value is -1.98. The quantitative estimate of drug-likeness (QED) is 0.607. The van der Waals surface area contributed by atoms with Crippen LogP contribution in [0.15, 0.2) is 46.9 Å². The summed E-state index contributed by atoms with van der Waals surface area (Å²) in [5, 5.41) is 0.347. The second-order valence-electron chi connectivity index (χ2n) is 4.94. The van der Waals surface area contributed by atoms with E-state index >= 15 is 0 Å². The van der Waals surface area contributed by atoms with Crippen molar-refractivity contribution < 1.29 is 9.53 Å². The van der Waals surface area contributed by atoms with Gasteiger partial charge in [-0.05, 0) is 37.3 Å². The minimum Gasteiger partial charge on any atom is -0.455 e. The fourth-order valence-corrected chi connectivity index (χ4v) is 2.68. The molecule has 0 radical (unpaired) electrons. The molecule has 0 bridgehead atoms. The maximum atomic E-state index is 12.2. The summed E-state index contributed by atoms with van der Waals surface area (Å²) in [5.74, 6) is -0.495. The van der Waals surface area contributed by atoms with Gasteiger partial charge < -0.3 is 4.74 Å². The summed E-state index contributed by atoms with van der Waals surface area (Å²) in [6, 6.07) is 12.6. The monoisotopic (exact) mass is 390 g/mol. The standard InChI is InChI=1S/C17H12BrClN2O2/c1-10-16(21-15-5-3-2-4-14(15)20-10)9-23-17(22)12-8-11(18)6-7-13(12)19/h2-8H,9H2,1H3. The van der Waals surface area contributed by atoms with Crippen molar-refractivity contribution in [3.05, 3.63) is 68.9 Å². The normalized spacial score (nSPS) is 10.7. The number of ether oxygens (including phenoxy) is 1. The molecule has 1 heterocycles. The number of benzene rings is 2. The van der Waals surface area contributed by atoms with Gasteiger partial charge in [0.25, 0.3) is 0 Å². The zero-order valence-corrected chi connectivity index (χ0v) is 14.6. The minimum absolute atomic E-state index is 0.0470. The van der Waals surface area contributed by atoms with E-state index in [0.717, 1.165) is 21.2 Å². The third kappa shape index (κ3) is 3.51. The first kappa shape index (κ1) is 15.9. The van der Waals surface area contributed by atoms with Crippen LogP contribution in [0.25, 0.3) is 11.0 Å². The zero-order valence-electron chi connectivity index (χ0n) is 12.2. The molecule has 23 heavy (non-hydrogen) atoms. The highest BCUT2D eigenvalue weighted by Crippen LogP contribution is 2.22. The van der Waals surface area contributed by atoms with Gasteiger partial charge in [0.1, 0.15) is 6.61 Å². The predicted octanol–water partition coefficient (Wildman–Crippen LogP) is 4.71. The van der Waals surface area contributed by atoms with E-state index in [1.54, 1.807) is 18.2 Å². The smallest absolute Gasteiger partial charge is 0.340 e. The fraction of sp³-hybridized carbons (Fsp3) is 0.118. The Morgan fingerprint density at radius 2 is 1.87 bits per heavy atom. The second kappa shape index (κ2) is 6.64. The van der Waals surface area contributed by atoms with Gasteiger partial charge in [-0.25, -0.2) is 14.8 Å². The Kier molecular flexibility index (Phi) is 4.59. The highest BCUT2D eigenvalue weighted by atomic mass is 79.9. The lowest BCUT2D eigenvalue weighted by Crippen LogP contribution is -2.09. The van der Waals surface area contributed by atoms with Gasteiger partial charge in [-0.1, -0.05) is 39.7 Å². The lowest BCUT2D eigenvalue weighted by Gasteiger charge is -2.09. The number of carbonyl (C=O) groups is 1. The van der Waals surface area contributed by atoms with E-state index in [-0.39, 0.29) is 6.61 Å². The van der Waals surface area contributed by atoms with Gasteiger partial charge in [-0.2, -0.15) is 0 Å². The number of aryl methyl sites for hydroxylation is 1. The third-order valence-electron chi connectivity index (χ3n) is 3.33. The molecule has 0 unspecified atom stereocenters. The van der Waals surface area contributed by atoms with Crippen molar-refractivity contribution in [2.75, 3.05) is 0 Å². The van der Waals surface area contributed by atoms with Crippen LogP contribution in [0.5, 0.6) is 0 Å². The number of hydrogen-bond donors (Lipinski definition) is 0. The van der Waals surface area contributed by atoms with E-state index < -0.39 is 5.97 Å².